The number of nitrogens with one attached hydrogen (secondary N) is 1. The van der Waals surface area contributed by atoms with Crippen molar-refractivity contribution in [2.45, 2.75) is 46.1 Å². The van der Waals surface area contributed by atoms with Crippen LogP contribution in [0.4, 0.5) is 11.4 Å². The zero-order valence-electron chi connectivity index (χ0n) is 18.3. The molecule has 0 amide bonds. The van der Waals surface area contributed by atoms with Crippen molar-refractivity contribution in [1.82, 2.24) is 0 Å². The third-order valence-corrected chi connectivity index (χ3v) is 8.10. The van der Waals surface area contributed by atoms with Gasteiger partial charge < -0.3 is 14.5 Å². The molecular formula is C24H35N2O2P. The van der Waals surface area contributed by atoms with Crippen LogP contribution in [0.5, 0.6) is 0 Å². The monoisotopic (exact) mass is 414 g/mol. The van der Waals surface area contributed by atoms with Gasteiger partial charge in [-0.2, -0.15) is 0 Å². The van der Waals surface area contributed by atoms with Crippen LogP contribution in [-0.2, 0) is 9.09 Å². The Morgan fingerprint density at radius 2 is 1.69 bits per heavy atom. The van der Waals surface area contributed by atoms with Crippen LogP contribution in [0.15, 0.2) is 54.6 Å². The SMILES string of the molecule is CC1CCC(C(C)C)C(OP(=O)(Nc2ccc(N(C)C)cc2)c2ccccc2)C1. The summed E-state index contributed by atoms with van der Waals surface area (Å²) < 4.78 is 20.7. The van der Waals surface area contributed by atoms with Crippen molar-refractivity contribution in [2.24, 2.45) is 17.8 Å². The summed E-state index contributed by atoms with van der Waals surface area (Å²) in [6.45, 7) is 6.77. The molecule has 3 rings (SSSR count). The molecule has 0 aromatic heterocycles. The van der Waals surface area contributed by atoms with E-state index in [4.69, 9.17) is 4.52 Å². The molecule has 0 spiro atoms. The molecule has 0 aliphatic heterocycles. The Bertz CT molecular complexity index is 821. The van der Waals surface area contributed by atoms with Crippen LogP contribution in [0, 0.1) is 17.8 Å². The van der Waals surface area contributed by atoms with Crippen LogP contribution in [0.1, 0.15) is 40.0 Å². The smallest absolute Gasteiger partial charge is 0.324 e. The number of hydrogen-bond donors (Lipinski definition) is 1. The van der Waals surface area contributed by atoms with E-state index < -0.39 is 7.52 Å². The van der Waals surface area contributed by atoms with Gasteiger partial charge in [0.05, 0.1) is 11.4 Å². The van der Waals surface area contributed by atoms with E-state index in [-0.39, 0.29) is 6.10 Å². The Hall–Kier alpha value is -1.77. The van der Waals surface area contributed by atoms with Gasteiger partial charge in [-0.3, -0.25) is 4.57 Å². The lowest BCUT2D eigenvalue weighted by Gasteiger charge is -2.39. The molecule has 0 heterocycles. The Labute approximate surface area is 176 Å². The fourth-order valence-corrected chi connectivity index (χ4v) is 6.19. The topological polar surface area (TPSA) is 41.6 Å². The van der Waals surface area contributed by atoms with Crippen molar-refractivity contribution in [1.29, 1.82) is 0 Å². The van der Waals surface area contributed by atoms with Crippen molar-refractivity contribution < 1.29 is 9.09 Å². The number of anilines is 2. The highest BCUT2D eigenvalue weighted by Crippen LogP contribution is 2.51. The van der Waals surface area contributed by atoms with Gasteiger partial charge in [-0.1, -0.05) is 45.4 Å². The van der Waals surface area contributed by atoms with Gasteiger partial charge in [0.25, 0.3) is 0 Å². The van der Waals surface area contributed by atoms with E-state index in [1.54, 1.807) is 0 Å². The summed E-state index contributed by atoms with van der Waals surface area (Å²) in [6.07, 6.45) is 3.31. The van der Waals surface area contributed by atoms with Crippen LogP contribution in [-0.4, -0.2) is 20.2 Å². The second-order valence-corrected chi connectivity index (χ2v) is 11.0. The predicted octanol–water partition coefficient (Wildman–Crippen LogP) is 6.16. The summed E-state index contributed by atoms with van der Waals surface area (Å²) >= 11 is 0. The van der Waals surface area contributed by atoms with Gasteiger partial charge >= 0.3 is 7.52 Å². The normalized spacial score (nSPS) is 24.1. The summed E-state index contributed by atoms with van der Waals surface area (Å²) in [5, 5.41) is 3.99. The predicted molar refractivity (Wildman–Crippen MR) is 124 cm³/mol. The molecule has 4 unspecified atom stereocenters. The zero-order chi connectivity index (χ0) is 21.0. The second kappa shape index (κ2) is 9.36. The van der Waals surface area contributed by atoms with Crippen molar-refractivity contribution in [2.75, 3.05) is 24.1 Å². The second-order valence-electron chi connectivity index (χ2n) is 8.91. The molecule has 158 valence electrons. The van der Waals surface area contributed by atoms with Crippen molar-refractivity contribution in [3.8, 4) is 0 Å². The van der Waals surface area contributed by atoms with Crippen molar-refractivity contribution in [3.63, 3.8) is 0 Å². The Balaban J connectivity index is 1.90. The van der Waals surface area contributed by atoms with Gasteiger partial charge in [0.2, 0.25) is 0 Å². The molecule has 0 bridgehead atoms. The van der Waals surface area contributed by atoms with Crippen molar-refractivity contribution in [3.05, 3.63) is 54.6 Å². The van der Waals surface area contributed by atoms with E-state index in [2.05, 4.69) is 25.9 Å². The maximum Gasteiger partial charge on any atom is 0.324 e. The Morgan fingerprint density at radius 3 is 2.28 bits per heavy atom. The summed E-state index contributed by atoms with van der Waals surface area (Å²) in [5.41, 5.74) is 1.92. The molecule has 29 heavy (non-hydrogen) atoms. The lowest BCUT2D eigenvalue weighted by Crippen LogP contribution is -2.35. The molecule has 2 aromatic rings. The molecule has 0 saturated heterocycles. The van der Waals surface area contributed by atoms with Crippen LogP contribution in [0.3, 0.4) is 0 Å². The maximum absolute atomic E-state index is 14.2. The lowest BCUT2D eigenvalue weighted by molar-refractivity contribution is 0.0506. The van der Waals surface area contributed by atoms with Gasteiger partial charge in [0.1, 0.15) is 0 Å². The fraction of sp³-hybridized carbons (Fsp3) is 0.500. The summed E-state index contributed by atoms with van der Waals surface area (Å²) in [4.78, 5) is 2.05. The first-order valence-corrected chi connectivity index (χ1v) is 12.3. The highest BCUT2D eigenvalue weighted by atomic mass is 31.2. The van der Waals surface area contributed by atoms with Crippen molar-refractivity contribution >= 4 is 24.2 Å². The minimum Gasteiger partial charge on any atom is -0.378 e. The van der Waals surface area contributed by atoms with Gasteiger partial charge in [0, 0.05) is 25.5 Å². The van der Waals surface area contributed by atoms with E-state index >= 15 is 0 Å². The highest BCUT2D eigenvalue weighted by Gasteiger charge is 2.38. The maximum atomic E-state index is 14.2. The molecule has 1 fully saturated rings. The van der Waals surface area contributed by atoms with Gasteiger partial charge in [0.15, 0.2) is 0 Å². The molecular weight excluding hydrogens is 379 g/mol. The van der Waals surface area contributed by atoms with E-state index in [1.165, 1.54) is 6.42 Å². The average molecular weight is 415 g/mol. The van der Waals surface area contributed by atoms with Crippen LogP contribution in [0.2, 0.25) is 0 Å². The number of benzene rings is 2. The molecule has 4 nitrogen and oxygen atoms in total. The number of rotatable bonds is 7. The fourth-order valence-electron chi connectivity index (χ4n) is 4.21. The highest BCUT2D eigenvalue weighted by molar-refractivity contribution is 7.68. The molecule has 1 aliphatic rings. The largest absolute Gasteiger partial charge is 0.378 e. The van der Waals surface area contributed by atoms with Gasteiger partial charge in [-0.05, 0) is 67.0 Å². The molecule has 2 aromatic carbocycles. The van der Waals surface area contributed by atoms with Crippen LogP contribution in [0.25, 0.3) is 0 Å². The van der Waals surface area contributed by atoms with Gasteiger partial charge in [-0.15, -0.1) is 0 Å². The minimum absolute atomic E-state index is 0.00154. The van der Waals surface area contributed by atoms with Crippen LogP contribution >= 0.6 is 7.52 Å². The van der Waals surface area contributed by atoms with E-state index in [1.807, 2.05) is 73.6 Å². The summed E-state index contributed by atoms with van der Waals surface area (Å²) in [6, 6.07) is 17.6. The molecule has 1 N–H and O–H groups in total. The van der Waals surface area contributed by atoms with Gasteiger partial charge in [-0.25, -0.2) is 0 Å². The molecule has 5 heteroatoms. The quantitative estimate of drug-likeness (QED) is 0.551. The molecule has 0 radical (unpaired) electrons. The van der Waals surface area contributed by atoms with E-state index in [0.717, 1.165) is 29.5 Å². The lowest BCUT2D eigenvalue weighted by atomic mass is 9.75. The zero-order valence-corrected chi connectivity index (χ0v) is 19.2. The van der Waals surface area contributed by atoms with E-state index in [0.29, 0.717) is 17.8 Å². The summed E-state index contributed by atoms with van der Waals surface area (Å²) in [7, 11) is 0.753. The average Bonchev–Trinajstić information content (AvgIpc) is 2.69. The van der Waals surface area contributed by atoms with Crippen LogP contribution < -0.4 is 15.3 Å². The molecule has 4 atom stereocenters. The van der Waals surface area contributed by atoms with E-state index in [9.17, 15) is 4.57 Å². The number of nitrogens with zero attached hydrogens (tertiary/aromatic N) is 1. The first kappa shape index (κ1) is 21.9. The minimum atomic E-state index is -3.27. The Morgan fingerprint density at radius 1 is 1.03 bits per heavy atom. The Kier molecular flexibility index (Phi) is 7.08. The third kappa shape index (κ3) is 5.43. The number of hydrogen-bond acceptors (Lipinski definition) is 3. The summed E-state index contributed by atoms with van der Waals surface area (Å²) in [5.74, 6) is 1.54. The standard InChI is InChI=1S/C24H35N2O2P/c1-18(2)23-16-11-19(3)17-24(23)28-29(27,22-9-7-6-8-10-22)25-20-12-14-21(15-13-20)26(4)5/h6-10,12-15,18-19,23-24H,11,16-17H2,1-5H3,(H,25,27). The molecule has 1 saturated carbocycles. The molecule has 1 aliphatic carbocycles. The first-order valence-electron chi connectivity index (χ1n) is 10.7. The third-order valence-electron chi connectivity index (χ3n) is 6.00. The first-order chi connectivity index (χ1) is 13.8.